The van der Waals surface area contributed by atoms with E-state index in [1.54, 1.807) is 37.6 Å². The van der Waals surface area contributed by atoms with Crippen LogP contribution in [0.15, 0.2) is 47.5 Å². The molecular weight excluding hydrogens is 374 g/mol. The van der Waals surface area contributed by atoms with Crippen LogP contribution in [0.4, 0.5) is 0 Å². The number of halogens is 1. The van der Waals surface area contributed by atoms with E-state index in [0.717, 1.165) is 22.8 Å². The molecule has 0 fully saturated rings. The second-order valence-corrected chi connectivity index (χ2v) is 8.18. The Morgan fingerprint density at radius 1 is 1.19 bits per heavy atom. The quantitative estimate of drug-likeness (QED) is 0.596. The molecule has 26 heavy (non-hydrogen) atoms. The molecule has 3 aromatic rings. The third-order valence-electron chi connectivity index (χ3n) is 4.29. The van der Waals surface area contributed by atoms with Crippen molar-refractivity contribution in [3.05, 3.63) is 58.7 Å². The van der Waals surface area contributed by atoms with Gasteiger partial charge in [0.1, 0.15) is 12.0 Å². The third kappa shape index (κ3) is 3.22. The zero-order valence-corrected chi connectivity index (χ0v) is 16.0. The van der Waals surface area contributed by atoms with E-state index in [1.807, 2.05) is 6.92 Å². The van der Waals surface area contributed by atoms with Crippen molar-refractivity contribution >= 4 is 38.8 Å². The summed E-state index contributed by atoms with van der Waals surface area (Å²) in [5.74, 6) is 0.624. The molecule has 5 nitrogen and oxygen atoms in total. The smallest absolute Gasteiger partial charge is 0.268 e. The van der Waals surface area contributed by atoms with Gasteiger partial charge in [0, 0.05) is 23.0 Å². The van der Waals surface area contributed by atoms with Crippen LogP contribution >= 0.6 is 11.6 Å². The van der Waals surface area contributed by atoms with Crippen LogP contribution in [-0.4, -0.2) is 25.8 Å². The molecule has 0 N–H and O–H groups in total. The predicted molar refractivity (Wildman–Crippen MR) is 102 cm³/mol. The Balaban J connectivity index is 2.22. The highest BCUT2D eigenvalue weighted by Gasteiger charge is 2.22. The molecule has 0 aliphatic carbocycles. The highest BCUT2D eigenvalue weighted by atomic mass is 35.5. The monoisotopic (exact) mass is 391 g/mol. The molecule has 0 unspecified atom stereocenters. The van der Waals surface area contributed by atoms with Crippen LogP contribution in [-0.2, 0) is 21.2 Å². The van der Waals surface area contributed by atoms with Gasteiger partial charge in [-0.15, -0.1) is 0 Å². The lowest BCUT2D eigenvalue weighted by molar-refractivity contribution is -0.107. The van der Waals surface area contributed by atoms with Gasteiger partial charge in [0.2, 0.25) is 0 Å². The fraction of sp³-hybridized carbons (Fsp3) is 0.211. The average molecular weight is 392 g/mol. The SMILES string of the molecule is COc1ccc2c(c1)c(CCC=O)cn2S(=O)(=O)c1ccc(C)c(Cl)c1. The lowest BCUT2D eigenvalue weighted by Crippen LogP contribution is -2.12. The van der Waals surface area contributed by atoms with Crippen molar-refractivity contribution in [1.29, 1.82) is 0 Å². The van der Waals surface area contributed by atoms with Gasteiger partial charge < -0.3 is 9.53 Å². The Kier molecular flexibility index (Phi) is 5.07. The highest BCUT2D eigenvalue weighted by molar-refractivity contribution is 7.90. The molecule has 0 amide bonds. The maximum atomic E-state index is 13.2. The number of aldehydes is 1. The van der Waals surface area contributed by atoms with Gasteiger partial charge >= 0.3 is 0 Å². The Morgan fingerprint density at radius 2 is 1.96 bits per heavy atom. The number of carbonyl (C=O) groups excluding carboxylic acids is 1. The van der Waals surface area contributed by atoms with Crippen LogP contribution < -0.4 is 4.74 Å². The first-order chi connectivity index (χ1) is 12.4. The summed E-state index contributed by atoms with van der Waals surface area (Å²) < 4.78 is 32.8. The van der Waals surface area contributed by atoms with E-state index in [4.69, 9.17) is 16.3 Å². The number of fused-ring (bicyclic) bond motifs is 1. The number of aryl methyl sites for hydroxylation is 2. The van der Waals surface area contributed by atoms with Crippen molar-refractivity contribution in [3.8, 4) is 5.75 Å². The average Bonchev–Trinajstić information content (AvgIpc) is 3.00. The zero-order chi connectivity index (χ0) is 18.9. The topological polar surface area (TPSA) is 65.4 Å². The molecule has 1 heterocycles. The molecule has 2 aromatic carbocycles. The Hall–Kier alpha value is -2.31. The molecule has 3 rings (SSSR count). The number of hydrogen-bond acceptors (Lipinski definition) is 4. The second-order valence-electron chi connectivity index (χ2n) is 5.95. The number of ether oxygens (including phenoxy) is 1. The number of carbonyl (C=O) groups is 1. The van der Waals surface area contributed by atoms with Gasteiger partial charge in [-0.2, -0.15) is 0 Å². The molecule has 0 bridgehead atoms. The summed E-state index contributed by atoms with van der Waals surface area (Å²) in [6, 6.07) is 9.86. The van der Waals surface area contributed by atoms with Crippen molar-refractivity contribution in [2.24, 2.45) is 0 Å². The minimum Gasteiger partial charge on any atom is -0.497 e. The highest BCUT2D eigenvalue weighted by Crippen LogP contribution is 2.31. The largest absolute Gasteiger partial charge is 0.497 e. The Labute approximate surface area is 157 Å². The molecule has 0 saturated heterocycles. The molecule has 0 aliphatic rings. The van der Waals surface area contributed by atoms with Crippen LogP contribution in [0.1, 0.15) is 17.5 Å². The third-order valence-corrected chi connectivity index (χ3v) is 6.37. The van der Waals surface area contributed by atoms with Crippen molar-refractivity contribution in [2.75, 3.05) is 7.11 Å². The van der Waals surface area contributed by atoms with Gasteiger partial charge in [0.25, 0.3) is 10.0 Å². The van der Waals surface area contributed by atoms with Crippen LogP contribution in [0, 0.1) is 6.92 Å². The first-order valence-electron chi connectivity index (χ1n) is 8.02. The summed E-state index contributed by atoms with van der Waals surface area (Å²) in [4.78, 5) is 10.9. The number of rotatable bonds is 6. The summed E-state index contributed by atoms with van der Waals surface area (Å²) in [6.07, 6.45) is 3.14. The van der Waals surface area contributed by atoms with Gasteiger partial charge in [0.05, 0.1) is 17.5 Å². The number of nitrogens with zero attached hydrogens (tertiary/aromatic N) is 1. The number of hydrogen-bond donors (Lipinski definition) is 0. The molecule has 0 saturated carbocycles. The van der Waals surface area contributed by atoms with Gasteiger partial charge in [-0.1, -0.05) is 17.7 Å². The fourth-order valence-corrected chi connectivity index (χ4v) is 4.50. The Morgan fingerprint density at radius 3 is 2.62 bits per heavy atom. The molecule has 0 aliphatic heterocycles. The minimum absolute atomic E-state index is 0.114. The van der Waals surface area contributed by atoms with Crippen molar-refractivity contribution in [2.45, 2.75) is 24.7 Å². The molecule has 1 aromatic heterocycles. The summed E-state index contributed by atoms with van der Waals surface area (Å²) >= 11 is 6.11. The maximum Gasteiger partial charge on any atom is 0.268 e. The molecule has 0 atom stereocenters. The maximum absolute atomic E-state index is 13.2. The number of methoxy groups -OCH3 is 1. The zero-order valence-electron chi connectivity index (χ0n) is 14.4. The molecule has 0 spiro atoms. The van der Waals surface area contributed by atoms with Crippen molar-refractivity contribution < 1.29 is 17.9 Å². The predicted octanol–water partition coefficient (Wildman–Crippen LogP) is 3.98. The molecule has 0 radical (unpaired) electrons. The first kappa shape index (κ1) is 18.5. The van der Waals surface area contributed by atoms with Gasteiger partial charge in [-0.3, -0.25) is 0 Å². The minimum atomic E-state index is -3.83. The van der Waals surface area contributed by atoms with E-state index in [0.29, 0.717) is 29.1 Å². The molecule has 136 valence electrons. The number of benzene rings is 2. The summed E-state index contributed by atoms with van der Waals surface area (Å²) in [5.41, 5.74) is 2.11. The van der Waals surface area contributed by atoms with E-state index in [-0.39, 0.29) is 4.90 Å². The number of aromatic nitrogens is 1. The van der Waals surface area contributed by atoms with Crippen LogP contribution in [0.3, 0.4) is 0 Å². The summed E-state index contributed by atoms with van der Waals surface area (Å²) in [7, 11) is -2.28. The second kappa shape index (κ2) is 7.13. The first-order valence-corrected chi connectivity index (χ1v) is 9.83. The summed E-state index contributed by atoms with van der Waals surface area (Å²) in [5, 5.41) is 1.14. The molecule has 7 heteroatoms. The fourth-order valence-electron chi connectivity index (χ4n) is 2.83. The van der Waals surface area contributed by atoms with Crippen molar-refractivity contribution in [1.82, 2.24) is 3.97 Å². The van der Waals surface area contributed by atoms with E-state index >= 15 is 0 Å². The van der Waals surface area contributed by atoms with E-state index in [9.17, 15) is 13.2 Å². The lowest BCUT2D eigenvalue weighted by atomic mass is 10.1. The summed E-state index contributed by atoms with van der Waals surface area (Å²) in [6.45, 7) is 1.81. The van der Waals surface area contributed by atoms with Crippen molar-refractivity contribution in [3.63, 3.8) is 0 Å². The van der Waals surface area contributed by atoms with Gasteiger partial charge in [-0.25, -0.2) is 12.4 Å². The van der Waals surface area contributed by atoms with Crippen LogP contribution in [0.5, 0.6) is 5.75 Å². The van der Waals surface area contributed by atoms with Gasteiger partial charge in [0.15, 0.2) is 0 Å². The lowest BCUT2D eigenvalue weighted by Gasteiger charge is -2.09. The standard InChI is InChI=1S/C19H18ClNO4S/c1-13-5-7-16(11-18(13)20)26(23,24)21-12-14(4-3-9-22)17-10-15(25-2)6-8-19(17)21/h5-12H,3-4H2,1-2H3. The van der Waals surface area contributed by atoms with E-state index in [2.05, 4.69) is 0 Å². The Bertz CT molecular complexity index is 1090. The van der Waals surface area contributed by atoms with Crippen LogP contribution in [0.2, 0.25) is 5.02 Å². The van der Waals surface area contributed by atoms with Gasteiger partial charge in [-0.05, 0) is 54.8 Å². The van der Waals surface area contributed by atoms with Crippen LogP contribution in [0.25, 0.3) is 10.9 Å². The molecular formula is C19H18ClNO4S. The van der Waals surface area contributed by atoms with E-state index in [1.165, 1.54) is 16.1 Å². The van der Waals surface area contributed by atoms with E-state index < -0.39 is 10.0 Å². The normalized spacial score (nSPS) is 11.7.